The second-order valence-corrected chi connectivity index (χ2v) is 4.37. The van der Waals surface area contributed by atoms with Crippen molar-refractivity contribution in [1.82, 2.24) is 4.57 Å². The van der Waals surface area contributed by atoms with Crippen LogP contribution in [0.3, 0.4) is 0 Å². The number of benzene rings is 1. The van der Waals surface area contributed by atoms with Gasteiger partial charge in [-0.05, 0) is 23.8 Å². The number of aromatic nitrogens is 1. The van der Waals surface area contributed by atoms with Crippen molar-refractivity contribution < 1.29 is 9.72 Å². The highest BCUT2D eigenvalue weighted by Gasteiger charge is 2.23. The Morgan fingerprint density at radius 2 is 2.11 bits per heavy atom. The summed E-state index contributed by atoms with van der Waals surface area (Å²) in [6.07, 6.45) is 3.56. The van der Waals surface area contributed by atoms with E-state index in [-0.39, 0.29) is 11.5 Å². The molecule has 0 aliphatic carbocycles. The van der Waals surface area contributed by atoms with Crippen molar-refractivity contribution >= 4 is 17.5 Å². The molecule has 3 rings (SSSR count). The van der Waals surface area contributed by atoms with Gasteiger partial charge in [-0.3, -0.25) is 14.9 Å². The zero-order valence-corrected chi connectivity index (χ0v) is 9.95. The zero-order valence-electron chi connectivity index (χ0n) is 9.95. The van der Waals surface area contributed by atoms with Gasteiger partial charge in [0.05, 0.1) is 17.2 Å². The Kier molecular flexibility index (Phi) is 2.52. The van der Waals surface area contributed by atoms with Crippen molar-refractivity contribution in [1.29, 1.82) is 0 Å². The SMILES string of the molecule is O=C1/C(=C/c2cccc([N+](=O)[O-])c2)Cn2cccc21. The number of non-ortho nitro benzene ring substituents is 1. The molecule has 19 heavy (non-hydrogen) atoms. The fourth-order valence-corrected chi connectivity index (χ4v) is 2.22. The average Bonchev–Trinajstić information content (AvgIpc) is 2.95. The maximum atomic E-state index is 12.1. The molecule has 5 nitrogen and oxygen atoms in total. The van der Waals surface area contributed by atoms with Gasteiger partial charge in [0.25, 0.3) is 5.69 Å². The summed E-state index contributed by atoms with van der Waals surface area (Å²) in [5.74, 6) is -0.0171. The highest BCUT2D eigenvalue weighted by atomic mass is 16.6. The summed E-state index contributed by atoms with van der Waals surface area (Å²) in [5.41, 5.74) is 2.01. The summed E-state index contributed by atoms with van der Waals surface area (Å²) in [7, 11) is 0. The Labute approximate surface area is 108 Å². The molecular weight excluding hydrogens is 244 g/mol. The number of nitrogens with zero attached hydrogens (tertiary/aromatic N) is 2. The molecule has 0 amide bonds. The number of ketones is 1. The van der Waals surface area contributed by atoms with E-state index in [9.17, 15) is 14.9 Å². The molecule has 1 aliphatic heterocycles. The number of Topliss-reactive ketones (excluding diaryl/α,β-unsaturated/α-hetero) is 1. The van der Waals surface area contributed by atoms with E-state index < -0.39 is 4.92 Å². The first-order valence-electron chi connectivity index (χ1n) is 5.80. The topological polar surface area (TPSA) is 65.1 Å². The maximum Gasteiger partial charge on any atom is 0.270 e. The van der Waals surface area contributed by atoms with Gasteiger partial charge in [-0.15, -0.1) is 0 Å². The molecule has 0 radical (unpaired) electrons. The molecule has 0 fully saturated rings. The first-order valence-corrected chi connectivity index (χ1v) is 5.80. The number of rotatable bonds is 2. The van der Waals surface area contributed by atoms with Crippen LogP contribution in [0.1, 0.15) is 16.1 Å². The molecule has 0 saturated heterocycles. The van der Waals surface area contributed by atoms with Gasteiger partial charge in [-0.2, -0.15) is 0 Å². The van der Waals surface area contributed by atoms with Crippen LogP contribution in [0.15, 0.2) is 48.2 Å². The molecule has 0 saturated carbocycles. The lowest BCUT2D eigenvalue weighted by Gasteiger charge is -1.97. The molecule has 1 aromatic carbocycles. The van der Waals surface area contributed by atoms with Crippen LogP contribution in [0.25, 0.3) is 6.08 Å². The minimum atomic E-state index is -0.442. The predicted octanol–water partition coefficient (Wildman–Crippen LogP) is 2.68. The van der Waals surface area contributed by atoms with E-state index >= 15 is 0 Å². The van der Waals surface area contributed by atoms with Crippen molar-refractivity contribution in [2.75, 3.05) is 0 Å². The molecule has 0 bridgehead atoms. The molecule has 0 atom stereocenters. The second kappa shape index (κ2) is 4.20. The summed E-state index contributed by atoms with van der Waals surface area (Å²) in [6.45, 7) is 0.518. The molecule has 2 heterocycles. The van der Waals surface area contributed by atoms with Crippen molar-refractivity contribution in [3.05, 3.63) is 69.5 Å². The molecule has 94 valence electrons. The van der Waals surface area contributed by atoms with Crippen molar-refractivity contribution in [3.8, 4) is 0 Å². The predicted molar refractivity (Wildman–Crippen MR) is 69.8 cm³/mol. The Hall–Kier alpha value is -2.69. The molecule has 1 aromatic heterocycles. The third-order valence-electron chi connectivity index (χ3n) is 3.12. The van der Waals surface area contributed by atoms with Gasteiger partial charge in [0.1, 0.15) is 0 Å². The van der Waals surface area contributed by atoms with Crippen LogP contribution >= 0.6 is 0 Å². The van der Waals surface area contributed by atoms with Crippen molar-refractivity contribution in [2.45, 2.75) is 6.54 Å². The number of hydrogen-bond acceptors (Lipinski definition) is 3. The van der Waals surface area contributed by atoms with Crippen molar-refractivity contribution in [2.24, 2.45) is 0 Å². The molecule has 1 aliphatic rings. The third kappa shape index (κ3) is 1.95. The van der Waals surface area contributed by atoms with Gasteiger partial charge >= 0.3 is 0 Å². The number of carbonyl (C=O) groups is 1. The zero-order chi connectivity index (χ0) is 13.4. The van der Waals surface area contributed by atoms with E-state index in [1.165, 1.54) is 12.1 Å². The third-order valence-corrected chi connectivity index (χ3v) is 3.12. The summed E-state index contributed by atoms with van der Waals surface area (Å²) in [5, 5.41) is 10.7. The number of fused-ring (bicyclic) bond motifs is 1. The van der Waals surface area contributed by atoms with Gasteiger partial charge in [0.15, 0.2) is 0 Å². The molecule has 5 heteroatoms. The molecule has 2 aromatic rings. The molecular formula is C14H10N2O3. The molecule has 0 unspecified atom stereocenters. The molecule has 0 N–H and O–H groups in total. The number of nitro benzene ring substituents is 1. The molecule has 0 spiro atoms. The highest BCUT2D eigenvalue weighted by Crippen LogP contribution is 2.23. The van der Waals surface area contributed by atoms with E-state index in [2.05, 4.69) is 0 Å². The van der Waals surface area contributed by atoms with Gasteiger partial charge in [-0.1, -0.05) is 12.1 Å². The van der Waals surface area contributed by atoms with E-state index in [0.29, 0.717) is 23.4 Å². The largest absolute Gasteiger partial charge is 0.340 e. The Morgan fingerprint density at radius 1 is 1.26 bits per heavy atom. The van der Waals surface area contributed by atoms with Gasteiger partial charge in [-0.25, -0.2) is 0 Å². The Morgan fingerprint density at radius 3 is 2.84 bits per heavy atom. The minimum Gasteiger partial charge on any atom is -0.340 e. The smallest absolute Gasteiger partial charge is 0.270 e. The van der Waals surface area contributed by atoms with E-state index in [1.54, 1.807) is 24.3 Å². The average molecular weight is 254 g/mol. The summed E-state index contributed by atoms with van der Waals surface area (Å²) in [4.78, 5) is 22.3. The van der Waals surface area contributed by atoms with Gasteiger partial charge in [0, 0.05) is 23.9 Å². The standard InChI is InChI=1S/C14H10N2O3/c17-14-11(9-15-6-2-5-13(14)15)7-10-3-1-4-12(8-10)16(18)19/h1-8H,9H2/b11-7+. The first-order chi connectivity index (χ1) is 9.15. The minimum absolute atomic E-state index is 0.0171. The Bertz CT molecular complexity index is 713. The number of nitro groups is 1. The number of carbonyl (C=O) groups excluding carboxylic acids is 1. The van der Waals surface area contributed by atoms with Crippen LogP contribution < -0.4 is 0 Å². The van der Waals surface area contributed by atoms with Crippen LogP contribution in [-0.4, -0.2) is 15.3 Å². The van der Waals surface area contributed by atoms with Gasteiger partial charge in [0.2, 0.25) is 5.78 Å². The fourth-order valence-electron chi connectivity index (χ4n) is 2.22. The van der Waals surface area contributed by atoms with Crippen LogP contribution in [-0.2, 0) is 6.54 Å². The maximum absolute atomic E-state index is 12.1. The van der Waals surface area contributed by atoms with Crippen LogP contribution in [0, 0.1) is 10.1 Å². The lowest BCUT2D eigenvalue weighted by molar-refractivity contribution is -0.384. The normalized spacial score (nSPS) is 15.8. The van der Waals surface area contributed by atoms with Crippen LogP contribution in [0.2, 0.25) is 0 Å². The van der Waals surface area contributed by atoms with Gasteiger partial charge < -0.3 is 4.57 Å². The van der Waals surface area contributed by atoms with Crippen LogP contribution in [0.5, 0.6) is 0 Å². The number of hydrogen-bond donors (Lipinski definition) is 0. The number of allylic oxidation sites excluding steroid dienone is 1. The monoisotopic (exact) mass is 254 g/mol. The van der Waals surface area contributed by atoms with E-state index in [1.807, 2.05) is 16.8 Å². The quantitative estimate of drug-likeness (QED) is 0.470. The lowest BCUT2D eigenvalue weighted by Crippen LogP contribution is -1.95. The van der Waals surface area contributed by atoms with E-state index in [0.717, 1.165) is 0 Å². The second-order valence-electron chi connectivity index (χ2n) is 4.37. The first kappa shape index (κ1) is 11.4. The van der Waals surface area contributed by atoms with E-state index in [4.69, 9.17) is 0 Å². The summed E-state index contributed by atoms with van der Waals surface area (Å²) >= 11 is 0. The lowest BCUT2D eigenvalue weighted by atomic mass is 10.1. The highest BCUT2D eigenvalue weighted by molar-refractivity contribution is 6.12. The fraction of sp³-hybridized carbons (Fsp3) is 0.0714. The van der Waals surface area contributed by atoms with Crippen molar-refractivity contribution in [3.63, 3.8) is 0 Å². The Balaban J connectivity index is 1.95. The van der Waals surface area contributed by atoms with Crippen LogP contribution in [0.4, 0.5) is 5.69 Å². The summed E-state index contributed by atoms with van der Waals surface area (Å²) < 4.78 is 1.87. The summed E-state index contributed by atoms with van der Waals surface area (Å²) in [6, 6.07) is 9.87.